The van der Waals surface area contributed by atoms with E-state index < -0.39 is 17.7 Å². The first kappa shape index (κ1) is 13.8. The van der Waals surface area contributed by atoms with Crippen molar-refractivity contribution in [2.75, 3.05) is 6.61 Å². The van der Waals surface area contributed by atoms with E-state index in [0.717, 1.165) is 5.56 Å². The lowest BCUT2D eigenvalue weighted by Gasteiger charge is -2.06. The molecule has 0 fully saturated rings. The second-order valence-electron chi connectivity index (χ2n) is 4.02. The Morgan fingerprint density at radius 3 is 3.15 bits per heavy atom. The second kappa shape index (κ2) is 6.53. The Morgan fingerprint density at radius 2 is 2.45 bits per heavy atom. The van der Waals surface area contributed by atoms with Crippen molar-refractivity contribution in [2.24, 2.45) is 16.1 Å². The van der Waals surface area contributed by atoms with Crippen LogP contribution in [0, 0.1) is 5.92 Å². The maximum absolute atomic E-state index is 11.8. The van der Waals surface area contributed by atoms with Gasteiger partial charge in [0.15, 0.2) is 0 Å². The number of nitrogens with one attached hydrogen (secondary N) is 2. The monoisotopic (exact) mass is 275 g/mol. The molecule has 20 heavy (non-hydrogen) atoms. The van der Waals surface area contributed by atoms with Crippen molar-refractivity contribution in [1.29, 1.82) is 0 Å². The van der Waals surface area contributed by atoms with Gasteiger partial charge in [-0.15, -0.1) is 0 Å². The molecule has 0 aliphatic carbocycles. The molecule has 1 aliphatic rings. The van der Waals surface area contributed by atoms with Crippen LogP contribution in [0.4, 0.5) is 0 Å². The van der Waals surface area contributed by atoms with Crippen molar-refractivity contribution in [3.8, 4) is 0 Å². The number of aromatic nitrogens is 1. The zero-order valence-electron chi connectivity index (χ0n) is 10.5. The average molecular weight is 275 g/mol. The minimum absolute atomic E-state index is 0.0207. The van der Waals surface area contributed by atoms with Gasteiger partial charge in [-0.2, -0.15) is 10.2 Å². The maximum atomic E-state index is 11.8. The molecule has 0 saturated carbocycles. The summed E-state index contributed by atoms with van der Waals surface area (Å²) in [7, 11) is 0. The zero-order chi connectivity index (χ0) is 14.4. The van der Waals surface area contributed by atoms with Gasteiger partial charge in [-0.25, -0.2) is 10.9 Å². The Bertz CT molecular complexity index is 555. The van der Waals surface area contributed by atoms with E-state index in [4.69, 9.17) is 5.11 Å². The summed E-state index contributed by atoms with van der Waals surface area (Å²) in [5.41, 5.74) is 5.23. The number of hydrazone groups is 2. The number of hydrogen-bond acceptors (Lipinski definition) is 6. The topological polar surface area (TPSA) is 116 Å². The van der Waals surface area contributed by atoms with E-state index in [-0.39, 0.29) is 18.7 Å². The number of aliphatic hydroxyl groups excluding tert-OH is 1. The molecule has 0 saturated heterocycles. The summed E-state index contributed by atoms with van der Waals surface area (Å²) in [6.07, 6.45) is 4.78. The number of amides is 2. The average Bonchev–Trinajstić information content (AvgIpc) is 2.82. The molecule has 104 valence electrons. The van der Waals surface area contributed by atoms with Crippen LogP contribution in [-0.4, -0.2) is 40.4 Å². The van der Waals surface area contributed by atoms with Crippen LogP contribution in [0.2, 0.25) is 0 Å². The normalized spacial score (nSPS) is 17.9. The second-order valence-corrected chi connectivity index (χ2v) is 4.02. The molecule has 1 aromatic rings. The van der Waals surface area contributed by atoms with E-state index in [0.29, 0.717) is 0 Å². The Labute approximate surface area is 114 Å². The molecule has 1 aliphatic heterocycles. The number of hydrogen-bond donors (Lipinski definition) is 3. The highest BCUT2D eigenvalue weighted by Gasteiger charge is 2.33. The van der Waals surface area contributed by atoms with Crippen molar-refractivity contribution in [3.05, 3.63) is 30.1 Å². The van der Waals surface area contributed by atoms with E-state index >= 15 is 0 Å². The molecule has 0 radical (unpaired) electrons. The lowest BCUT2D eigenvalue weighted by molar-refractivity contribution is -0.123. The summed E-state index contributed by atoms with van der Waals surface area (Å²) in [4.78, 5) is 27.1. The van der Waals surface area contributed by atoms with Gasteiger partial charge in [0.05, 0.1) is 12.1 Å². The molecule has 3 N–H and O–H groups in total. The van der Waals surface area contributed by atoms with E-state index in [1.54, 1.807) is 24.5 Å². The third-order valence-electron chi connectivity index (χ3n) is 2.65. The molecule has 0 bridgehead atoms. The van der Waals surface area contributed by atoms with E-state index in [1.807, 2.05) is 0 Å². The number of pyridine rings is 1. The highest BCUT2D eigenvalue weighted by atomic mass is 16.3. The molecule has 8 heteroatoms. The maximum Gasteiger partial charge on any atom is 0.288 e. The van der Waals surface area contributed by atoms with Gasteiger partial charge in [0, 0.05) is 24.6 Å². The predicted octanol–water partition coefficient (Wildman–Crippen LogP) is -0.984. The summed E-state index contributed by atoms with van der Waals surface area (Å²) in [5.74, 6) is -1.73. The molecular weight excluding hydrogens is 262 g/mol. The summed E-state index contributed by atoms with van der Waals surface area (Å²) in [5, 5.41) is 16.3. The molecule has 0 aromatic carbocycles. The Kier molecular flexibility index (Phi) is 4.51. The highest BCUT2D eigenvalue weighted by Crippen LogP contribution is 2.11. The first-order valence-electron chi connectivity index (χ1n) is 5.94. The molecule has 2 amide bonds. The first-order valence-corrected chi connectivity index (χ1v) is 5.94. The first-order chi connectivity index (χ1) is 9.72. The van der Waals surface area contributed by atoms with Crippen molar-refractivity contribution < 1.29 is 14.7 Å². The summed E-state index contributed by atoms with van der Waals surface area (Å²) < 4.78 is 0. The number of carbonyl (C=O) groups excluding carboxylic acids is 2. The van der Waals surface area contributed by atoms with Crippen LogP contribution in [0.15, 0.2) is 34.7 Å². The quantitative estimate of drug-likeness (QED) is 0.473. The van der Waals surface area contributed by atoms with Crippen LogP contribution >= 0.6 is 0 Å². The van der Waals surface area contributed by atoms with Crippen LogP contribution in [0.25, 0.3) is 0 Å². The minimum atomic E-state index is -0.742. The van der Waals surface area contributed by atoms with E-state index in [9.17, 15) is 9.59 Å². The minimum Gasteiger partial charge on any atom is -0.396 e. The number of carbonyl (C=O) groups is 2. The molecule has 2 heterocycles. The molecule has 0 unspecified atom stereocenters. The van der Waals surface area contributed by atoms with E-state index in [1.165, 1.54) is 6.21 Å². The molecule has 1 aromatic heterocycles. The van der Waals surface area contributed by atoms with Crippen LogP contribution in [0.3, 0.4) is 0 Å². The molecule has 0 spiro atoms. The van der Waals surface area contributed by atoms with Gasteiger partial charge < -0.3 is 5.11 Å². The molecule has 1 atom stereocenters. The van der Waals surface area contributed by atoms with Gasteiger partial charge in [-0.05, 0) is 12.5 Å². The summed E-state index contributed by atoms with van der Waals surface area (Å²) in [6, 6.07) is 3.51. The number of rotatable bonds is 5. The Hall–Kier alpha value is -2.61. The summed E-state index contributed by atoms with van der Waals surface area (Å²) >= 11 is 0. The Balaban J connectivity index is 1.95. The summed E-state index contributed by atoms with van der Waals surface area (Å²) in [6.45, 7) is -0.205. The van der Waals surface area contributed by atoms with Crippen LogP contribution in [0.5, 0.6) is 0 Å². The standard InChI is InChI=1S/C12H13N5O3/c18-5-3-9-10(15-17-11(9)19)12(20)16-14-7-8-2-1-4-13-6-8/h1-2,4,6-7,9,18H,3,5H2,(H,16,20)(H,17,19)/b14-7-/t9-/m1/s1. The van der Waals surface area contributed by atoms with Crippen molar-refractivity contribution in [1.82, 2.24) is 15.8 Å². The van der Waals surface area contributed by atoms with Gasteiger partial charge in [0.2, 0.25) is 5.91 Å². The van der Waals surface area contributed by atoms with E-state index in [2.05, 4.69) is 26.0 Å². The van der Waals surface area contributed by atoms with Crippen LogP contribution in [-0.2, 0) is 9.59 Å². The van der Waals surface area contributed by atoms with Gasteiger partial charge in [-0.1, -0.05) is 6.07 Å². The highest BCUT2D eigenvalue weighted by molar-refractivity contribution is 6.44. The van der Waals surface area contributed by atoms with Gasteiger partial charge in [-0.3, -0.25) is 14.6 Å². The number of aliphatic hydroxyl groups is 1. The third-order valence-corrected chi connectivity index (χ3v) is 2.65. The lowest BCUT2D eigenvalue weighted by atomic mass is 10.00. The third kappa shape index (κ3) is 3.23. The van der Waals surface area contributed by atoms with Crippen LogP contribution in [0.1, 0.15) is 12.0 Å². The largest absolute Gasteiger partial charge is 0.396 e. The molecule has 2 rings (SSSR count). The smallest absolute Gasteiger partial charge is 0.288 e. The van der Waals surface area contributed by atoms with Crippen molar-refractivity contribution >= 4 is 23.7 Å². The fourth-order valence-corrected chi connectivity index (χ4v) is 1.68. The van der Waals surface area contributed by atoms with Crippen molar-refractivity contribution in [2.45, 2.75) is 6.42 Å². The Morgan fingerprint density at radius 1 is 1.60 bits per heavy atom. The number of nitrogens with zero attached hydrogens (tertiary/aromatic N) is 3. The fraction of sp³-hybridized carbons (Fsp3) is 0.250. The van der Waals surface area contributed by atoms with Gasteiger partial charge in [0.1, 0.15) is 5.71 Å². The van der Waals surface area contributed by atoms with Crippen molar-refractivity contribution in [3.63, 3.8) is 0 Å². The predicted molar refractivity (Wildman–Crippen MR) is 70.7 cm³/mol. The fourth-order valence-electron chi connectivity index (χ4n) is 1.68. The molecule has 8 nitrogen and oxygen atoms in total. The lowest BCUT2D eigenvalue weighted by Crippen LogP contribution is -2.34. The van der Waals surface area contributed by atoms with Gasteiger partial charge >= 0.3 is 0 Å². The van der Waals surface area contributed by atoms with Crippen LogP contribution < -0.4 is 10.9 Å². The van der Waals surface area contributed by atoms with Gasteiger partial charge in [0.25, 0.3) is 5.91 Å². The molecular formula is C12H13N5O3. The zero-order valence-corrected chi connectivity index (χ0v) is 10.5. The SMILES string of the molecule is O=C(N/N=C\c1cccnc1)C1=NNC(=O)[C@@H]1CCO.